The molecule has 0 unspecified atom stereocenters. The van der Waals surface area contributed by atoms with Crippen LogP contribution < -0.4 is 9.62 Å². The number of aryl methyl sites for hydroxylation is 1. The molecule has 0 atom stereocenters. The van der Waals surface area contributed by atoms with E-state index in [9.17, 15) is 18.0 Å². The SMILES string of the molecule is COC(=O)c1cccc(NC(=O)CN(c2cccc(C)c2)S(=O)(=O)c2ccccc2)c1. The van der Waals surface area contributed by atoms with Crippen LogP contribution in [0.4, 0.5) is 11.4 Å². The van der Waals surface area contributed by atoms with Crippen molar-refractivity contribution in [1.82, 2.24) is 0 Å². The van der Waals surface area contributed by atoms with Gasteiger partial charge in [-0.15, -0.1) is 0 Å². The van der Waals surface area contributed by atoms with Gasteiger partial charge in [0, 0.05) is 5.69 Å². The van der Waals surface area contributed by atoms with Gasteiger partial charge in [-0.05, 0) is 55.0 Å². The van der Waals surface area contributed by atoms with Crippen LogP contribution in [0.25, 0.3) is 0 Å². The maximum Gasteiger partial charge on any atom is 0.337 e. The standard InChI is InChI=1S/C23H22N2O5S/c1-17-8-6-11-20(14-17)25(31(28,29)21-12-4-3-5-13-21)16-22(26)24-19-10-7-9-18(15-19)23(27)30-2/h3-15H,16H2,1-2H3,(H,24,26). The monoisotopic (exact) mass is 438 g/mol. The number of benzene rings is 3. The van der Waals surface area contributed by atoms with Crippen molar-refractivity contribution >= 4 is 33.3 Å². The summed E-state index contributed by atoms with van der Waals surface area (Å²) in [4.78, 5) is 24.6. The molecule has 160 valence electrons. The number of carbonyl (C=O) groups is 2. The van der Waals surface area contributed by atoms with E-state index in [4.69, 9.17) is 0 Å². The van der Waals surface area contributed by atoms with Gasteiger partial charge in [-0.25, -0.2) is 13.2 Å². The van der Waals surface area contributed by atoms with Crippen LogP contribution in [0.1, 0.15) is 15.9 Å². The molecule has 1 N–H and O–H groups in total. The van der Waals surface area contributed by atoms with Crippen molar-refractivity contribution in [3.63, 3.8) is 0 Å². The molecule has 0 aliphatic rings. The smallest absolute Gasteiger partial charge is 0.337 e. The van der Waals surface area contributed by atoms with Gasteiger partial charge in [0.15, 0.2) is 0 Å². The Kier molecular flexibility index (Phi) is 6.71. The Balaban J connectivity index is 1.91. The van der Waals surface area contributed by atoms with Crippen molar-refractivity contribution < 1.29 is 22.7 Å². The van der Waals surface area contributed by atoms with Crippen LogP contribution in [-0.4, -0.2) is 33.9 Å². The third-order valence-electron chi connectivity index (χ3n) is 4.48. The Bertz CT molecular complexity index is 1190. The van der Waals surface area contributed by atoms with Gasteiger partial charge >= 0.3 is 5.97 Å². The van der Waals surface area contributed by atoms with Crippen LogP contribution in [0.5, 0.6) is 0 Å². The highest BCUT2D eigenvalue weighted by Crippen LogP contribution is 2.24. The quantitative estimate of drug-likeness (QED) is 0.569. The first-order valence-corrected chi connectivity index (χ1v) is 10.9. The van der Waals surface area contributed by atoms with Gasteiger partial charge in [-0.2, -0.15) is 0 Å². The summed E-state index contributed by atoms with van der Waals surface area (Å²) in [6, 6.07) is 21.1. The van der Waals surface area contributed by atoms with E-state index in [1.165, 1.54) is 25.3 Å². The minimum Gasteiger partial charge on any atom is -0.465 e. The first-order valence-electron chi connectivity index (χ1n) is 9.44. The van der Waals surface area contributed by atoms with Gasteiger partial charge in [0.1, 0.15) is 6.54 Å². The predicted octanol–water partition coefficient (Wildman–Crippen LogP) is 3.62. The van der Waals surface area contributed by atoms with E-state index in [-0.39, 0.29) is 10.5 Å². The number of rotatable bonds is 7. The molecule has 0 heterocycles. The number of hydrogen-bond acceptors (Lipinski definition) is 5. The lowest BCUT2D eigenvalue weighted by molar-refractivity contribution is -0.114. The Hall–Kier alpha value is -3.65. The molecule has 0 bridgehead atoms. The van der Waals surface area contributed by atoms with Crippen LogP contribution in [0, 0.1) is 6.92 Å². The number of nitrogens with one attached hydrogen (secondary N) is 1. The first-order chi connectivity index (χ1) is 14.8. The maximum absolute atomic E-state index is 13.3. The second-order valence-electron chi connectivity index (χ2n) is 6.78. The maximum atomic E-state index is 13.3. The van der Waals surface area contributed by atoms with Crippen LogP contribution >= 0.6 is 0 Å². The highest BCUT2D eigenvalue weighted by Gasteiger charge is 2.27. The third kappa shape index (κ3) is 5.29. The molecule has 0 saturated carbocycles. The molecule has 7 nitrogen and oxygen atoms in total. The lowest BCUT2D eigenvalue weighted by Gasteiger charge is -2.24. The van der Waals surface area contributed by atoms with E-state index >= 15 is 0 Å². The Morgan fingerprint density at radius 1 is 0.935 bits per heavy atom. The van der Waals surface area contributed by atoms with Gasteiger partial charge in [0.25, 0.3) is 10.0 Å². The zero-order chi connectivity index (χ0) is 22.4. The summed E-state index contributed by atoms with van der Waals surface area (Å²) in [5, 5.41) is 2.65. The Morgan fingerprint density at radius 3 is 2.32 bits per heavy atom. The lowest BCUT2D eigenvalue weighted by Crippen LogP contribution is -2.38. The van der Waals surface area contributed by atoms with Crippen molar-refractivity contribution in [2.75, 3.05) is 23.3 Å². The average Bonchev–Trinajstić information content (AvgIpc) is 2.77. The molecule has 1 amide bonds. The molecule has 0 aromatic heterocycles. The van der Waals surface area contributed by atoms with Gasteiger partial charge in [-0.3, -0.25) is 9.10 Å². The van der Waals surface area contributed by atoms with Crippen molar-refractivity contribution in [3.8, 4) is 0 Å². The summed E-state index contributed by atoms with van der Waals surface area (Å²) in [5.41, 5.74) is 1.86. The number of nitrogens with zero attached hydrogens (tertiary/aromatic N) is 1. The van der Waals surface area contributed by atoms with Crippen molar-refractivity contribution in [1.29, 1.82) is 0 Å². The minimum absolute atomic E-state index is 0.0806. The molecule has 0 radical (unpaired) electrons. The van der Waals surface area contributed by atoms with Gasteiger partial charge in [0.05, 0.1) is 23.3 Å². The van der Waals surface area contributed by atoms with Crippen LogP contribution in [0.2, 0.25) is 0 Å². The van der Waals surface area contributed by atoms with E-state index in [1.54, 1.807) is 54.6 Å². The van der Waals surface area contributed by atoms with Crippen LogP contribution in [-0.2, 0) is 19.6 Å². The van der Waals surface area contributed by atoms with E-state index in [1.807, 2.05) is 13.0 Å². The Labute approximate surface area is 181 Å². The number of carbonyl (C=O) groups excluding carboxylic acids is 2. The number of amides is 1. The van der Waals surface area contributed by atoms with Gasteiger partial charge in [-0.1, -0.05) is 36.4 Å². The molecule has 8 heteroatoms. The average molecular weight is 439 g/mol. The van der Waals surface area contributed by atoms with E-state index in [0.29, 0.717) is 11.4 Å². The van der Waals surface area contributed by atoms with Crippen LogP contribution in [0.15, 0.2) is 83.8 Å². The van der Waals surface area contributed by atoms with Gasteiger partial charge in [0.2, 0.25) is 5.91 Å². The normalized spacial score (nSPS) is 10.9. The predicted molar refractivity (Wildman–Crippen MR) is 119 cm³/mol. The minimum atomic E-state index is -3.99. The van der Waals surface area contributed by atoms with E-state index < -0.39 is 28.4 Å². The van der Waals surface area contributed by atoms with Crippen molar-refractivity contribution in [3.05, 3.63) is 90.0 Å². The van der Waals surface area contributed by atoms with E-state index in [2.05, 4.69) is 10.1 Å². The fraction of sp³-hybridized carbons (Fsp3) is 0.130. The molecule has 3 aromatic carbocycles. The van der Waals surface area contributed by atoms with Gasteiger partial charge < -0.3 is 10.1 Å². The second kappa shape index (κ2) is 9.44. The Morgan fingerprint density at radius 2 is 1.65 bits per heavy atom. The molecule has 0 saturated heterocycles. The summed E-state index contributed by atoms with van der Waals surface area (Å²) in [6.07, 6.45) is 0. The van der Waals surface area contributed by atoms with Crippen molar-refractivity contribution in [2.45, 2.75) is 11.8 Å². The highest BCUT2D eigenvalue weighted by atomic mass is 32.2. The zero-order valence-electron chi connectivity index (χ0n) is 17.1. The van der Waals surface area contributed by atoms with E-state index in [0.717, 1.165) is 9.87 Å². The fourth-order valence-electron chi connectivity index (χ4n) is 2.99. The molecule has 0 spiro atoms. The topological polar surface area (TPSA) is 92.8 Å². The first kappa shape index (κ1) is 22.0. The second-order valence-corrected chi connectivity index (χ2v) is 8.65. The molecule has 0 aliphatic heterocycles. The summed E-state index contributed by atoms with van der Waals surface area (Å²) in [7, 11) is -2.72. The summed E-state index contributed by atoms with van der Waals surface area (Å²) >= 11 is 0. The molecular formula is C23H22N2O5S. The summed E-state index contributed by atoms with van der Waals surface area (Å²) in [5.74, 6) is -1.09. The number of hydrogen-bond donors (Lipinski definition) is 1. The fourth-order valence-corrected chi connectivity index (χ4v) is 4.42. The third-order valence-corrected chi connectivity index (χ3v) is 6.26. The van der Waals surface area contributed by atoms with Crippen molar-refractivity contribution in [2.24, 2.45) is 0 Å². The van der Waals surface area contributed by atoms with Crippen LogP contribution in [0.3, 0.4) is 0 Å². The molecule has 3 aromatic rings. The number of methoxy groups -OCH3 is 1. The number of ether oxygens (including phenoxy) is 1. The highest BCUT2D eigenvalue weighted by molar-refractivity contribution is 7.92. The molecule has 31 heavy (non-hydrogen) atoms. The zero-order valence-corrected chi connectivity index (χ0v) is 17.9. The number of sulfonamides is 1. The molecule has 3 rings (SSSR count). The molecular weight excluding hydrogens is 416 g/mol. The molecule has 0 aliphatic carbocycles. The molecule has 0 fully saturated rings. The number of anilines is 2. The largest absolute Gasteiger partial charge is 0.465 e. The summed E-state index contributed by atoms with van der Waals surface area (Å²) in [6.45, 7) is 1.40. The number of esters is 1. The summed E-state index contributed by atoms with van der Waals surface area (Å²) < 4.78 is 32.3. The lowest BCUT2D eigenvalue weighted by atomic mass is 10.2.